The van der Waals surface area contributed by atoms with E-state index in [9.17, 15) is 8.42 Å². The Morgan fingerprint density at radius 2 is 1.73 bits per heavy atom. The Morgan fingerprint density at radius 3 is 2.43 bits per heavy atom. The number of rotatable bonds is 6. The van der Waals surface area contributed by atoms with E-state index in [-0.39, 0.29) is 10.9 Å². The SMILES string of the molecule is COc1cccc(CC2=NC(c3ccccc3)CN2S(=O)(=O)c2ccc(C)cc2)c1. The number of aliphatic imine (C=N–C) groups is 1. The first-order chi connectivity index (χ1) is 14.5. The van der Waals surface area contributed by atoms with Gasteiger partial charge in [0.05, 0.1) is 24.6 Å². The van der Waals surface area contributed by atoms with Crippen molar-refractivity contribution in [2.45, 2.75) is 24.3 Å². The van der Waals surface area contributed by atoms with Gasteiger partial charge in [-0.1, -0.05) is 60.2 Å². The van der Waals surface area contributed by atoms with Crippen LogP contribution < -0.4 is 4.74 Å². The molecule has 0 spiro atoms. The van der Waals surface area contributed by atoms with Gasteiger partial charge in [0.2, 0.25) is 0 Å². The molecule has 5 nitrogen and oxygen atoms in total. The van der Waals surface area contributed by atoms with Gasteiger partial charge in [0.1, 0.15) is 11.6 Å². The first-order valence-electron chi connectivity index (χ1n) is 9.81. The minimum atomic E-state index is -3.71. The molecule has 0 saturated carbocycles. The summed E-state index contributed by atoms with van der Waals surface area (Å²) >= 11 is 0. The minimum absolute atomic E-state index is 0.230. The van der Waals surface area contributed by atoms with Crippen molar-refractivity contribution in [3.05, 3.63) is 95.6 Å². The molecular weight excluding hydrogens is 396 g/mol. The van der Waals surface area contributed by atoms with Crippen molar-refractivity contribution in [3.8, 4) is 5.75 Å². The average molecular weight is 421 g/mol. The van der Waals surface area contributed by atoms with Gasteiger partial charge in [-0.25, -0.2) is 8.42 Å². The van der Waals surface area contributed by atoms with Crippen LogP contribution in [0.3, 0.4) is 0 Å². The lowest BCUT2D eigenvalue weighted by atomic mass is 10.1. The first kappa shape index (κ1) is 20.2. The molecule has 0 radical (unpaired) electrons. The number of ether oxygens (including phenoxy) is 1. The Kier molecular flexibility index (Phi) is 5.59. The van der Waals surface area contributed by atoms with E-state index >= 15 is 0 Å². The van der Waals surface area contributed by atoms with Crippen molar-refractivity contribution in [1.82, 2.24) is 4.31 Å². The van der Waals surface area contributed by atoms with Crippen molar-refractivity contribution < 1.29 is 13.2 Å². The summed E-state index contributed by atoms with van der Waals surface area (Å²) in [7, 11) is -2.09. The number of hydrogen-bond acceptors (Lipinski definition) is 4. The van der Waals surface area contributed by atoms with Gasteiger partial charge in [0.15, 0.2) is 0 Å². The third-order valence-corrected chi connectivity index (χ3v) is 7.03. The van der Waals surface area contributed by atoms with E-state index in [0.29, 0.717) is 18.8 Å². The molecule has 3 aromatic carbocycles. The van der Waals surface area contributed by atoms with Crippen LogP contribution in [0.5, 0.6) is 5.75 Å². The number of sulfonamides is 1. The highest BCUT2D eigenvalue weighted by molar-refractivity contribution is 7.89. The predicted molar refractivity (Wildman–Crippen MR) is 118 cm³/mol. The highest BCUT2D eigenvalue weighted by Crippen LogP contribution is 2.31. The molecule has 1 aliphatic heterocycles. The van der Waals surface area contributed by atoms with Crippen LogP contribution in [0, 0.1) is 6.92 Å². The number of hydrogen-bond donors (Lipinski definition) is 0. The highest BCUT2D eigenvalue weighted by Gasteiger charge is 2.35. The van der Waals surface area contributed by atoms with Crippen LogP contribution in [-0.4, -0.2) is 32.2 Å². The number of aryl methyl sites for hydroxylation is 1. The number of benzene rings is 3. The fourth-order valence-corrected chi connectivity index (χ4v) is 5.04. The van der Waals surface area contributed by atoms with Crippen LogP contribution in [0.1, 0.15) is 22.7 Å². The van der Waals surface area contributed by atoms with Crippen LogP contribution in [-0.2, 0) is 16.4 Å². The van der Waals surface area contributed by atoms with Gasteiger partial charge in [-0.15, -0.1) is 0 Å². The second-order valence-corrected chi connectivity index (χ2v) is 9.21. The lowest BCUT2D eigenvalue weighted by Crippen LogP contribution is -2.35. The molecular formula is C24H24N2O3S. The van der Waals surface area contributed by atoms with Crippen LogP contribution in [0.25, 0.3) is 0 Å². The lowest BCUT2D eigenvalue weighted by molar-refractivity contribution is 0.414. The maximum Gasteiger partial charge on any atom is 0.265 e. The molecule has 0 fully saturated rings. The van der Waals surface area contributed by atoms with E-state index in [1.54, 1.807) is 19.2 Å². The quantitative estimate of drug-likeness (QED) is 0.594. The standard InChI is InChI=1S/C24H24N2O3S/c1-18-11-13-22(14-12-18)30(27,28)26-17-23(20-8-4-3-5-9-20)25-24(26)16-19-7-6-10-21(15-19)29-2/h3-15,23H,16-17H2,1-2H3. The predicted octanol–water partition coefficient (Wildman–Crippen LogP) is 4.39. The van der Waals surface area contributed by atoms with Crippen molar-refractivity contribution in [2.75, 3.05) is 13.7 Å². The summed E-state index contributed by atoms with van der Waals surface area (Å²) in [6.45, 7) is 2.23. The van der Waals surface area contributed by atoms with Crippen LogP contribution in [0.15, 0.2) is 88.8 Å². The third kappa shape index (κ3) is 4.09. The molecule has 1 aliphatic rings. The molecule has 0 N–H and O–H groups in total. The van der Waals surface area contributed by atoms with E-state index in [2.05, 4.69) is 0 Å². The summed E-state index contributed by atoms with van der Waals surface area (Å²) in [5.41, 5.74) is 2.97. The Morgan fingerprint density at radius 1 is 1.00 bits per heavy atom. The zero-order chi connectivity index (χ0) is 21.1. The third-order valence-electron chi connectivity index (χ3n) is 5.22. The Labute approximate surface area is 177 Å². The van der Waals surface area contributed by atoms with Crippen molar-refractivity contribution in [3.63, 3.8) is 0 Å². The monoisotopic (exact) mass is 420 g/mol. The molecule has 30 heavy (non-hydrogen) atoms. The summed E-state index contributed by atoms with van der Waals surface area (Å²) < 4.78 is 33.7. The minimum Gasteiger partial charge on any atom is -0.497 e. The van der Waals surface area contributed by atoms with Gasteiger partial charge in [-0.05, 0) is 42.3 Å². The molecule has 1 atom stereocenters. The van der Waals surface area contributed by atoms with E-state index in [4.69, 9.17) is 9.73 Å². The molecule has 1 heterocycles. The average Bonchev–Trinajstić information content (AvgIpc) is 3.19. The molecule has 1 unspecified atom stereocenters. The van der Waals surface area contributed by atoms with Gasteiger partial charge in [-0.2, -0.15) is 0 Å². The second kappa shape index (κ2) is 8.32. The van der Waals surface area contributed by atoms with Crippen LogP contribution >= 0.6 is 0 Å². The van der Waals surface area contributed by atoms with E-state index < -0.39 is 10.0 Å². The molecule has 3 aromatic rings. The molecule has 4 rings (SSSR count). The Bertz CT molecular complexity index is 1160. The fourth-order valence-electron chi connectivity index (χ4n) is 3.58. The summed E-state index contributed by atoms with van der Waals surface area (Å²) in [5.74, 6) is 1.27. The summed E-state index contributed by atoms with van der Waals surface area (Å²) in [4.78, 5) is 5.10. The number of amidine groups is 1. The van der Waals surface area contributed by atoms with E-state index in [0.717, 1.165) is 22.4 Å². The molecule has 154 valence electrons. The molecule has 0 aliphatic carbocycles. The zero-order valence-electron chi connectivity index (χ0n) is 17.0. The first-order valence-corrected chi connectivity index (χ1v) is 11.3. The van der Waals surface area contributed by atoms with Gasteiger partial charge >= 0.3 is 0 Å². The molecule has 0 amide bonds. The molecule has 0 aromatic heterocycles. The summed E-state index contributed by atoms with van der Waals surface area (Å²) in [5, 5.41) is 0. The van der Waals surface area contributed by atoms with Crippen LogP contribution in [0.2, 0.25) is 0 Å². The van der Waals surface area contributed by atoms with Gasteiger partial charge in [-0.3, -0.25) is 9.30 Å². The topological polar surface area (TPSA) is 59.0 Å². The maximum atomic E-state index is 13.5. The highest BCUT2D eigenvalue weighted by atomic mass is 32.2. The smallest absolute Gasteiger partial charge is 0.265 e. The molecule has 0 bridgehead atoms. The number of nitrogens with zero attached hydrogens (tertiary/aromatic N) is 2. The van der Waals surface area contributed by atoms with Gasteiger partial charge in [0.25, 0.3) is 10.0 Å². The van der Waals surface area contributed by atoms with Gasteiger partial charge in [0, 0.05) is 6.42 Å². The molecule has 6 heteroatoms. The van der Waals surface area contributed by atoms with Crippen molar-refractivity contribution >= 4 is 15.9 Å². The Hall–Kier alpha value is -3.12. The van der Waals surface area contributed by atoms with Crippen LogP contribution in [0.4, 0.5) is 0 Å². The van der Waals surface area contributed by atoms with E-state index in [1.165, 1.54) is 4.31 Å². The Balaban J connectivity index is 1.71. The summed E-state index contributed by atoms with van der Waals surface area (Å²) in [6, 6.07) is 24.2. The van der Waals surface area contributed by atoms with E-state index in [1.807, 2.05) is 73.7 Å². The lowest BCUT2D eigenvalue weighted by Gasteiger charge is -2.21. The maximum absolute atomic E-state index is 13.5. The normalized spacial score (nSPS) is 16.4. The molecule has 0 saturated heterocycles. The second-order valence-electron chi connectivity index (χ2n) is 7.35. The van der Waals surface area contributed by atoms with Gasteiger partial charge < -0.3 is 4.74 Å². The van der Waals surface area contributed by atoms with Crippen molar-refractivity contribution in [1.29, 1.82) is 0 Å². The fraction of sp³-hybridized carbons (Fsp3) is 0.208. The largest absolute Gasteiger partial charge is 0.497 e. The zero-order valence-corrected chi connectivity index (χ0v) is 17.8. The summed E-state index contributed by atoms with van der Waals surface area (Å²) in [6.07, 6.45) is 0.408. The van der Waals surface area contributed by atoms with Crippen molar-refractivity contribution in [2.24, 2.45) is 4.99 Å². The number of methoxy groups -OCH3 is 1.